The number of aromatic amines is 1. The third-order valence-electron chi connectivity index (χ3n) is 5.35. The number of fused-ring (bicyclic) bond motifs is 3. The molecule has 0 atom stereocenters. The Balaban J connectivity index is 1.54. The lowest BCUT2D eigenvalue weighted by molar-refractivity contribution is 0.0951. The first-order chi connectivity index (χ1) is 15.5. The number of hydrogen-bond acceptors (Lipinski definition) is 4. The molecular formula is C24H18ClN5O2. The largest absolute Gasteiger partial charge is 0.348 e. The Hall–Kier alpha value is -3.97. The Morgan fingerprint density at radius 3 is 2.66 bits per heavy atom. The minimum absolute atomic E-state index is 0.275. The molecule has 0 aliphatic carbocycles. The predicted molar refractivity (Wildman–Crippen MR) is 124 cm³/mol. The zero-order valence-corrected chi connectivity index (χ0v) is 17.8. The number of aromatic nitrogens is 4. The van der Waals surface area contributed by atoms with E-state index < -0.39 is 0 Å². The number of carbonyl (C=O) groups excluding carboxylic acids is 1. The van der Waals surface area contributed by atoms with Gasteiger partial charge in [-0.2, -0.15) is 10.1 Å². The first-order valence-electron chi connectivity index (χ1n) is 10.0. The normalized spacial score (nSPS) is 11.2. The molecule has 7 nitrogen and oxygen atoms in total. The van der Waals surface area contributed by atoms with Crippen LogP contribution in [-0.2, 0) is 6.54 Å². The summed E-state index contributed by atoms with van der Waals surface area (Å²) < 4.78 is 1.62. The van der Waals surface area contributed by atoms with E-state index in [4.69, 9.17) is 11.6 Å². The molecule has 5 rings (SSSR count). The summed E-state index contributed by atoms with van der Waals surface area (Å²) in [6.45, 7) is 2.30. The molecule has 3 aromatic carbocycles. The van der Waals surface area contributed by atoms with E-state index in [1.54, 1.807) is 28.8 Å². The number of H-pyrrole nitrogens is 1. The molecule has 2 N–H and O–H groups in total. The molecule has 0 fully saturated rings. The number of carbonyl (C=O) groups is 1. The lowest BCUT2D eigenvalue weighted by Gasteiger charge is -2.08. The van der Waals surface area contributed by atoms with Crippen molar-refractivity contribution >= 4 is 34.1 Å². The van der Waals surface area contributed by atoms with Crippen LogP contribution in [0.15, 0.2) is 71.5 Å². The van der Waals surface area contributed by atoms with E-state index in [2.05, 4.69) is 20.6 Å². The number of benzene rings is 3. The van der Waals surface area contributed by atoms with Crippen LogP contribution >= 0.6 is 11.6 Å². The fourth-order valence-corrected chi connectivity index (χ4v) is 3.80. The zero-order valence-electron chi connectivity index (χ0n) is 17.1. The van der Waals surface area contributed by atoms with Crippen molar-refractivity contribution in [3.8, 4) is 11.3 Å². The summed E-state index contributed by atoms with van der Waals surface area (Å²) in [6, 6.07) is 20.0. The number of hydrogen-bond donors (Lipinski definition) is 2. The maximum atomic E-state index is 12.8. The minimum Gasteiger partial charge on any atom is -0.348 e. The molecule has 5 aromatic rings. The standard InChI is InChI=1S/C24H18ClN5O2/c1-14-6-8-15(9-7-14)21-22-27-24(32)18-11-10-16(12-20(18)30(22)29-28-21)23(31)26-13-17-4-2-3-5-19(17)25/h2-12,29H,13H2,1H3,(H,26,31). The van der Waals surface area contributed by atoms with Crippen molar-refractivity contribution in [2.24, 2.45) is 0 Å². The molecule has 0 bridgehead atoms. The van der Waals surface area contributed by atoms with Crippen molar-refractivity contribution in [3.05, 3.63) is 98.8 Å². The van der Waals surface area contributed by atoms with E-state index in [9.17, 15) is 9.59 Å². The molecule has 0 aliphatic rings. The smallest absolute Gasteiger partial charge is 0.281 e. The van der Waals surface area contributed by atoms with Crippen molar-refractivity contribution in [1.29, 1.82) is 0 Å². The van der Waals surface area contributed by atoms with Crippen molar-refractivity contribution in [2.75, 3.05) is 0 Å². The number of halogens is 1. The topological polar surface area (TPSA) is 92.2 Å². The average Bonchev–Trinajstić information content (AvgIpc) is 3.22. The van der Waals surface area contributed by atoms with Gasteiger partial charge in [0.15, 0.2) is 5.65 Å². The monoisotopic (exact) mass is 443 g/mol. The van der Waals surface area contributed by atoms with Gasteiger partial charge >= 0.3 is 0 Å². The maximum Gasteiger partial charge on any atom is 0.281 e. The summed E-state index contributed by atoms with van der Waals surface area (Å²) in [7, 11) is 0. The quantitative estimate of drug-likeness (QED) is 0.437. The molecule has 0 aliphatic heterocycles. The van der Waals surface area contributed by atoms with Crippen LogP contribution < -0.4 is 10.9 Å². The molecule has 32 heavy (non-hydrogen) atoms. The molecule has 0 radical (unpaired) electrons. The van der Waals surface area contributed by atoms with Gasteiger partial charge in [0.2, 0.25) is 0 Å². The lowest BCUT2D eigenvalue weighted by atomic mass is 10.1. The number of rotatable bonds is 4. The van der Waals surface area contributed by atoms with Crippen LogP contribution in [0.1, 0.15) is 21.5 Å². The summed E-state index contributed by atoms with van der Waals surface area (Å²) in [6.07, 6.45) is 0. The van der Waals surface area contributed by atoms with Gasteiger partial charge in [-0.3, -0.25) is 9.59 Å². The second-order valence-electron chi connectivity index (χ2n) is 7.51. The van der Waals surface area contributed by atoms with E-state index in [0.717, 1.165) is 16.7 Å². The van der Waals surface area contributed by atoms with Gasteiger partial charge in [-0.15, -0.1) is 0 Å². The van der Waals surface area contributed by atoms with Gasteiger partial charge in [-0.1, -0.05) is 59.6 Å². The van der Waals surface area contributed by atoms with Crippen LogP contribution in [0.25, 0.3) is 27.8 Å². The third kappa shape index (κ3) is 3.52. The Bertz CT molecular complexity index is 1540. The maximum absolute atomic E-state index is 12.8. The number of amides is 1. The van der Waals surface area contributed by atoms with Gasteiger partial charge in [0.1, 0.15) is 5.69 Å². The molecule has 0 saturated heterocycles. The minimum atomic E-state index is -0.377. The Morgan fingerprint density at radius 1 is 1.09 bits per heavy atom. The lowest BCUT2D eigenvalue weighted by Crippen LogP contribution is -2.23. The van der Waals surface area contributed by atoms with Crippen LogP contribution in [0.3, 0.4) is 0 Å². The molecule has 0 saturated carbocycles. The van der Waals surface area contributed by atoms with Crippen LogP contribution in [-0.4, -0.2) is 25.7 Å². The van der Waals surface area contributed by atoms with Gasteiger partial charge in [0, 0.05) is 22.7 Å². The van der Waals surface area contributed by atoms with Crippen LogP contribution in [0.5, 0.6) is 0 Å². The summed E-state index contributed by atoms with van der Waals surface area (Å²) in [5, 5.41) is 11.1. The molecule has 1 amide bonds. The highest BCUT2D eigenvalue weighted by Gasteiger charge is 2.16. The fourth-order valence-electron chi connectivity index (χ4n) is 3.59. The van der Waals surface area contributed by atoms with Gasteiger partial charge in [0.25, 0.3) is 11.5 Å². The zero-order chi connectivity index (χ0) is 22.2. The molecule has 0 spiro atoms. The van der Waals surface area contributed by atoms with Crippen molar-refractivity contribution in [1.82, 2.24) is 25.1 Å². The highest BCUT2D eigenvalue weighted by atomic mass is 35.5. The van der Waals surface area contributed by atoms with Crippen LogP contribution in [0.2, 0.25) is 5.02 Å². The van der Waals surface area contributed by atoms with Gasteiger partial charge in [-0.05, 0) is 36.8 Å². The molecule has 2 aromatic heterocycles. The predicted octanol–water partition coefficient (Wildman–Crippen LogP) is 4.13. The second kappa shape index (κ2) is 7.94. The Kier molecular flexibility index (Phi) is 4.95. The third-order valence-corrected chi connectivity index (χ3v) is 5.72. The molecule has 0 unspecified atom stereocenters. The van der Waals surface area contributed by atoms with E-state index in [-0.39, 0.29) is 11.5 Å². The first-order valence-corrected chi connectivity index (χ1v) is 10.4. The van der Waals surface area contributed by atoms with Crippen molar-refractivity contribution < 1.29 is 4.79 Å². The SMILES string of the molecule is Cc1ccc(-c2n[nH]n3c2nc(=O)c2ccc(C(=O)NCc4ccccc4Cl)cc23)cc1. The average molecular weight is 444 g/mol. The molecule has 158 valence electrons. The summed E-state index contributed by atoms with van der Waals surface area (Å²) in [5.41, 5.74) is 4.32. The highest BCUT2D eigenvalue weighted by Crippen LogP contribution is 2.23. The number of aryl methyl sites for hydroxylation is 1. The second-order valence-corrected chi connectivity index (χ2v) is 7.92. The summed E-state index contributed by atoms with van der Waals surface area (Å²) in [5.74, 6) is -0.275. The van der Waals surface area contributed by atoms with Crippen molar-refractivity contribution in [3.63, 3.8) is 0 Å². The van der Waals surface area contributed by atoms with Crippen molar-refractivity contribution in [2.45, 2.75) is 13.5 Å². The molecule has 2 heterocycles. The van der Waals surface area contributed by atoms with Crippen LogP contribution in [0, 0.1) is 6.92 Å². The van der Waals surface area contributed by atoms with E-state index >= 15 is 0 Å². The van der Waals surface area contributed by atoms with Gasteiger partial charge in [-0.25, -0.2) is 9.73 Å². The van der Waals surface area contributed by atoms with Crippen LogP contribution in [0.4, 0.5) is 0 Å². The van der Waals surface area contributed by atoms with E-state index in [1.807, 2.05) is 49.4 Å². The molecular weight excluding hydrogens is 426 g/mol. The number of nitrogens with one attached hydrogen (secondary N) is 2. The van der Waals surface area contributed by atoms with E-state index in [1.165, 1.54) is 0 Å². The summed E-state index contributed by atoms with van der Waals surface area (Å²) >= 11 is 6.17. The Morgan fingerprint density at radius 2 is 1.88 bits per heavy atom. The Labute approximate surface area is 187 Å². The van der Waals surface area contributed by atoms with Gasteiger partial charge in [0.05, 0.1) is 10.9 Å². The molecule has 8 heteroatoms. The van der Waals surface area contributed by atoms with Gasteiger partial charge < -0.3 is 5.32 Å². The first kappa shape index (κ1) is 20.0. The number of nitrogens with zero attached hydrogens (tertiary/aromatic N) is 3. The fraction of sp³-hybridized carbons (Fsp3) is 0.0833. The highest BCUT2D eigenvalue weighted by molar-refractivity contribution is 6.31. The summed E-state index contributed by atoms with van der Waals surface area (Å²) in [4.78, 5) is 29.7. The van der Waals surface area contributed by atoms with E-state index in [0.29, 0.717) is 39.4 Å².